The Morgan fingerprint density at radius 2 is 1.58 bits per heavy atom. The molecule has 0 radical (unpaired) electrons. The Balaban J connectivity index is 1.77. The van der Waals surface area contributed by atoms with Crippen molar-refractivity contribution in [3.8, 4) is 5.69 Å². The molecule has 7 rings (SSSR count). The zero-order valence-corrected chi connectivity index (χ0v) is 16.9. The van der Waals surface area contributed by atoms with Crippen LogP contribution in [0.1, 0.15) is 0 Å². The van der Waals surface area contributed by atoms with E-state index in [0.717, 1.165) is 32.3 Å². The molecule has 0 amide bonds. The number of imidazole rings is 1. The van der Waals surface area contributed by atoms with Crippen molar-refractivity contribution in [1.29, 1.82) is 0 Å². The Morgan fingerprint density at radius 3 is 2.39 bits per heavy atom. The summed E-state index contributed by atoms with van der Waals surface area (Å²) < 4.78 is 1.50. The number of nitrogens with zero attached hydrogens (tertiary/aromatic N) is 3. The third-order valence-electron chi connectivity index (χ3n) is 6.33. The van der Waals surface area contributed by atoms with Gasteiger partial charge in [-0.05, 0) is 38.4 Å². The van der Waals surface area contributed by atoms with Crippen LogP contribution in [0.5, 0.6) is 0 Å². The van der Waals surface area contributed by atoms with Crippen molar-refractivity contribution in [2.45, 2.75) is 0 Å². The van der Waals surface area contributed by atoms with E-state index in [1.165, 1.54) is 17.0 Å². The summed E-state index contributed by atoms with van der Waals surface area (Å²) in [5.74, 6) is -0.0509. The summed E-state index contributed by atoms with van der Waals surface area (Å²) in [6, 6.07) is 17.1. The van der Waals surface area contributed by atoms with Crippen molar-refractivity contribution in [2.75, 3.05) is 5.73 Å². The monoisotopic (exact) mass is 431 g/mol. The first kappa shape index (κ1) is 17.8. The average Bonchev–Trinajstić information content (AvgIpc) is 3.23. The average molecular weight is 431 g/mol. The third kappa shape index (κ3) is 2.21. The molecule has 8 nitrogen and oxygen atoms in total. The molecule has 0 saturated heterocycles. The number of nitrogens with one attached hydrogen (secondary N) is 1. The first-order valence-corrected chi connectivity index (χ1v) is 10.3. The van der Waals surface area contributed by atoms with Crippen LogP contribution in [0.15, 0.2) is 75.3 Å². The molecule has 33 heavy (non-hydrogen) atoms. The van der Waals surface area contributed by atoms with E-state index in [-0.39, 0.29) is 17.1 Å². The maximum Gasteiger partial charge on any atom is 0.278 e. The van der Waals surface area contributed by atoms with Crippen LogP contribution in [0.4, 0.5) is 5.95 Å². The van der Waals surface area contributed by atoms with Gasteiger partial charge in [0.15, 0.2) is 11.2 Å². The second kappa shape index (κ2) is 5.89. The van der Waals surface area contributed by atoms with Crippen LogP contribution in [-0.4, -0.2) is 19.5 Å². The number of H-pyrrole nitrogens is 1. The highest BCUT2D eigenvalue weighted by Gasteiger charge is 2.20. The summed E-state index contributed by atoms with van der Waals surface area (Å²) >= 11 is 0. The number of rotatable bonds is 1. The quantitative estimate of drug-likeness (QED) is 0.234. The number of nitrogen functional groups attached to an aromatic ring is 1. The molecule has 3 N–H and O–H groups in total. The van der Waals surface area contributed by atoms with E-state index in [1.54, 1.807) is 6.07 Å². The van der Waals surface area contributed by atoms with E-state index >= 15 is 0 Å². The highest BCUT2D eigenvalue weighted by Crippen LogP contribution is 2.39. The molecule has 5 aromatic carbocycles. The van der Waals surface area contributed by atoms with Crippen LogP contribution >= 0.6 is 0 Å². The molecule has 7 aromatic rings. The largest absolute Gasteiger partial charge is 0.369 e. The van der Waals surface area contributed by atoms with Crippen molar-refractivity contribution >= 4 is 60.2 Å². The lowest BCUT2D eigenvalue weighted by molar-refractivity contribution is 1.08. The van der Waals surface area contributed by atoms with Gasteiger partial charge in [-0.1, -0.05) is 42.5 Å². The van der Waals surface area contributed by atoms with Gasteiger partial charge in [0.25, 0.3) is 5.56 Å². The van der Waals surface area contributed by atoms with Crippen LogP contribution in [-0.2, 0) is 0 Å². The highest BCUT2D eigenvalue weighted by atomic mass is 16.2. The molecule has 0 spiro atoms. The Bertz CT molecular complexity index is 2090. The Hall–Kier alpha value is -4.85. The molecule has 8 heteroatoms. The van der Waals surface area contributed by atoms with Gasteiger partial charge in [-0.3, -0.25) is 23.9 Å². The lowest BCUT2D eigenvalue weighted by atomic mass is 9.90. The number of hydrogen-bond acceptors (Lipinski definition) is 6. The summed E-state index contributed by atoms with van der Waals surface area (Å²) in [6.45, 7) is 0. The summed E-state index contributed by atoms with van der Waals surface area (Å²) in [6.07, 6.45) is 1.42. The number of aromatic nitrogens is 4. The molecule has 0 unspecified atom stereocenters. The first-order valence-electron chi connectivity index (χ1n) is 10.3. The second-order valence-corrected chi connectivity index (χ2v) is 8.12. The predicted molar refractivity (Wildman–Crippen MR) is 129 cm³/mol. The van der Waals surface area contributed by atoms with Gasteiger partial charge in [0, 0.05) is 16.8 Å². The van der Waals surface area contributed by atoms with E-state index in [2.05, 4.69) is 15.0 Å². The smallest absolute Gasteiger partial charge is 0.278 e. The molecule has 0 fully saturated rings. The molecule has 0 atom stereocenters. The Kier molecular flexibility index (Phi) is 3.17. The Morgan fingerprint density at radius 1 is 0.818 bits per heavy atom. The molecule has 156 valence electrons. The van der Waals surface area contributed by atoms with Gasteiger partial charge in [0.2, 0.25) is 16.8 Å². The minimum atomic E-state index is -0.660. The number of anilines is 1. The van der Waals surface area contributed by atoms with E-state index < -0.39 is 16.4 Å². The topological polar surface area (TPSA) is 124 Å². The maximum atomic E-state index is 13.0. The van der Waals surface area contributed by atoms with Gasteiger partial charge >= 0.3 is 0 Å². The highest BCUT2D eigenvalue weighted by molar-refractivity contribution is 6.30. The second-order valence-electron chi connectivity index (χ2n) is 8.12. The van der Waals surface area contributed by atoms with Gasteiger partial charge in [-0.25, -0.2) is 4.98 Å². The fraction of sp³-hybridized carbons (Fsp3) is 0. The van der Waals surface area contributed by atoms with Crippen molar-refractivity contribution < 1.29 is 0 Å². The molecular formula is C25H13N5O3. The van der Waals surface area contributed by atoms with Gasteiger partial charge < -0.3 is 5.73 Å². The molecule has 0 bridgehead atoms. The van der Waals surface area contributed by atoms with Crippen molar-refractivity contribution in [3.63, 3.8) is 0 Å². The molecule has 0 aliphatic rings. The zero-order valence-electron chi connectivity index (χ0n) is 16.9. The molecule has 2 aromatic heterocycles. The van der Waals surface area contributed by atoms with Crippen LogP contribution < -0.4 is 22.2 Å². The summed E-state index contributed by atoms with van der Waals surface area (Å²) in [5.41, 5.74) is 4.62. The van der Waals surface area contributed by atoms with Crippen molar-refractivity contribution in [2.24, 2.45) is 0 Å². The van der Waals surface area contributed by atoms with Crippen LogP contribution in [0, 0.1) is 0 Å². The predicted octanol–water partition coefficient (Wildman–Crippen LogP) is 2.90. The van der Waals surface area contributed by atoms with E-state index in [4.69, 9.17) is 5.73 Å². The van der Waals surface area contributed by atoms with Gasteiger partial charge in [0.05, 0.1) is 5.69 Å². The van der Waals surface area contributed by atoms with Gasteiger partial charge in [-0.2, -0.15) is 4.98 Å². The lowest BCUT2D eigenvalue weighted by Gasteiger charge is -2.15. The first-order chi connectivity index (χ1) is 16.0. The summed E-state index contributed by atoms with van der Waals surface area (Å²) in [7, 11) is 0. The van der Waals surface area contributed by atoms with Crippen LogP contribution in [0.2, 0.25) is 0 Å². The molecule has 0 saturated carbocycles. The zero-order chi connectivity index (χ0) is 22.4. The van der Waals surface area contributed by atoms with Crippen LogP contribution in [0.25, 0.3) is 59.9 Å². The number of hydrogen-bond donors (Lipinski definition) is 2. The minimum Gasteiger partial charge on any atom is -0.369 e. The van der Waals surface area contributed by atoms with Crippen molar-refractivity contribution in [1.82, 2.24) is 19.5 Å². The van der Waals surface area contributed by atoms with E-state index in [0.29, 0.717) is 16.5 Å². The number of fused-ring (bicyclic) bond motifs is 3. The molecule has 0 aliphatic carbocycles. The summed E-state index contributed by atoms with van der Waals surface area (Å²) in [4.78, 5) is 49.1. The van der Waals surface area contributed by atoms with Gasteiger partial charge in [-0.15, -0.1) is 0 Å². The van der Waals surface area contributed by atoms with Crippen LogP contribution in [0.3, 0.4) is 0 Å². The number of benzene rings is 5. The van der Waals surface area contributed by atoms with Gasteiger partial charge in [0.1, 0.15) is 6.33 Å². The minimum absolute atomic E-state index is 0.0509. The normalized spacial score (nSPS) is 12.1. The fourth-order valence-electron chi connectivity index (χ4n) is 4.98. The SMILES string of the molecule is Nc1nc2ncn(-c3cc(=O)c(=O)c4cc5ccc6cccc7ccc(c34)c5c67)c2c(=O)[nH]1. The lowest BCUT2D eigenvalue weighted by Crippen LogP contribution is -2.24. The van der Waals surface area contributed by atoms with Crippen molar-refractivity contribution in [3.05, 3.63) is 91.7 Å². The number of aromatic amines is 1. The number of nitrogens with two attached hydrogens (primary N) is 1. The third-order valence-corrected chi connectivity index (χ3v) is 6.33. The summed E-state index contributed by atoms with van der Waals surface area (Å²) in [5, 5.41) is 6.82. The van der Waals surface area contributed by atoms with E-state index in [9.17, 15) is 14.4 Å². The standard InChI is InChI=1S/C25H13N5O3/c26-25-28-23-21(24(33)29-25)30(10-27-23)16-9-17(31)22(32)15-8-13-5-4-11-2-1-3-12-6-7-14(20(15)16)19(13)18(11)12/h1-10H,(H3,26,28,29,33). The maximum absolute atomic E-state index is 13.0. The van der Waals surface area contributed by atoms with E-state index in [1.807, 2.05) is 42.5 Å². The Labute approximate surface area is 183 Å². The fourth-order valence-corrected chi connectivity index (χ4v) is 4.98. The molecule has 0 aliphatic heterocycles. The molecular weight excluding hydrogens is 418 g/mol. The molecule has 2 heterocycles.